The summed E-state index contributed by atoms with van der Waals surface area (Å²) in [6.07, 6.45) is 1.66. The summed E-state index contributed by atoms with van der Waals surface area (Å²) in [5.74, 6) is -0.149. The van der Waals surface area contributed by atoms with Gasteiger partial charge in [0.1, 0.15) is 6.61 Å². The highest BCUT2D eigenvalue weighted by atomic mass is 35.5. The molecule has 5 nitrogen and oxygen atoms in total. The number of carboxylic acids is 1. The number of methoxy groups -OCH3 is 1. The minimum atomic E-state index is -1.02. The van der Waals surface area contributed by atoms with Crippen molar-refractivity contribution in [1.29, 1.82) is 5.26 Å². The number of benzene rings is 3. The summed E-state index contributed by atoms with van der Waals surface area (Å²) < 4.78 is 11.4. The lowest BCUT2D eigenvalue weighted by atomic mass is 10.0. The van der Waals surface area contributed by atoms with Gasteiger partial charge in [-0.05, 0) is 54.0 Å². The number of halogens is 1. The molecule has 0 heterocycles. The van der Waals surface area contributed by atoms with Crippen LogP contribution in [0.4, 0.5) is 0 Å². The Kier molecular flexibility index (Phi) is 6.96. The Labute approximate surface area is 185 Å². The Morgan fingerprint density at radius 3 is 2.45 bits per heavy atom. The van der Waals surface area contributed by atoms with Crippen LogP contribution in [0.2, 0.25) is 5.02 Å². The summed E-state index contributed by atoms with van der Waals surface area (Å²) in [7, 11) is 1.52. The second-order valence-corrected chi connectivity index (χ2v) is 7.27. The van der Waals surface area contributed by atoms with E-state index in [9.17, 15) is 10.1 Å². The molecule has 0 bridgehead atoms. The van der Waals surface area contributed by atoms with Crippen LogP contribution in [0.3, 0.4) is 0 Å². The van der Waals surface area contributed by atoms with Crippen LogP contribution in [0.25, 0.3) is 11.6 Å². The quantitative estimate of drug-likeness (QED) is 0.365. The number of ether oxygens (including phenoxy) is 2. The van der Waals surface area contributed by atoms with Gasteiger partial charge in [0.15, 0.2) is 11.5 Å². The predicted octanol–water partition coefficient (Wildman–Crippen LogP) is 6.00. The summed E-state index contributed by atoms with van der Waals surface area (Å²) >= 11 is 6.46. The molecule has 3 aromatic rings. The number of hydrogen-bond acceptors (Lipinski definition) is 4. The van der Waals surface area contributed by atoms with Crippen LogP contribution in [0.15, 0.2) is 60.7 Å². The molecule has 0 spiro atoms. The molecule has 0 unspecified atom stereocenters. The van der Waals surface area contributed by atoms with Gasteiger partial charge in [0.05, 0.1) is 29.3 Å². The summed E-state index contributed by atoms with van der Waals surface area (Å²) in [6, 6.07) is 19.7. The first-order valence-electron chi connectivity index (χ1n) is 9.42. The van der Waals surface area contributed by atoms with Crippen molar-refractivity contribution in [3.05, 3.63) is 93.5 Å². The van der Waals surface area contributed by atoms with Crippen molar-refractivity contribution in [2.45, 2.75) is 13.5 Å². The van der Waals surface area contributed by atoms with Crippen molar-refractivity contribution < 1.29 is 19.4 Å². The number of aromatic carboxylic acids is 1. The molecule has 0 aromatic heterocycles. The number of nitriles is 1. The number of allylic oxidation sites excluding steroid dienone is 1. The molecule has 1 N–H and O–H groups in total. The van der Waals surface area contributed by atoms with Crippen molar-refractivity contribution in [1.82, 2.24) is 0 Å². The third-order valence-corrected chi connectivity index (χ3v) is 4.87. The molecule has 0 saturated heterocycles. The Balaban J connectivity index is 1.88. The molecule has 0 saturated carbocycles. The summed E-state index contributed by atoms with van der Waals surface area (Å²) in [5, 5.41) is 19.0. The van der Waals surface area contributed by atoms with E-state index >= 15 is 0 Å². The average Bonchev–Trinajstić information content (AvgIpc) is 2.76. The van der Waals surface area contributed by atoms with E-state index in [4.69, 9.17) is 26.2 Å². The molecule has 6 heteroatoms. The molecule has 0 atom stereocenters. The van der Waals surface area contributed by atoms with E-state index in [1.807, 2.05) is 31.2 Å². The van der Waals surface area contributed by atoms with Gasteiger partial charge < -0.3 is 14.6 Å². The number of aryl methyl sites for hydroxylation is 1. The molecule has 31 heavy (non-hydrogen) atoms. The molecule has 3 rings (SSSR count). The van der Waals surface area contributed by atoms with Crippen LogP contribution in [0, 0.1) is 18.3 Å². The fourth-order valence-corrected chi connectivity index (χ4v) is 3.33. The summed E-state index contributed by atoms with van der Waals surface area (Å²) in [6.45, 7) is 2.35. The van der Waals surface area contributed by atoms with Crippen LogP contribution >= 0.6 is 11.6 Å². The minimum Gasteiger partial charge on any atom is -0.493 e. The first-order chi connectivity index (χ1) is 14.9. The van der Waals surface area contributed by atoms with Crippen molar-refractivity contribution >= 4 is 29.2 Å². The standard InChI is InChI=1S/C25H20ClNO4/c1-16-4-3-5-17(10-16)15-31-24-22(26)12-18(13-23(24)30-2)11-21(14-27)19-6-8-20(9-7-19)25(28)29/h3-13H,15H2,1-2H3,(H,28,29)/b21-11-. The van der Waals surface area contributed by atoms with Crippen LogP contribution < -0.4 is 9.47 Å². The van der Waals surface area contributed by atoms with Gasteiger partial charge in [0, 0.05) is 0 Å². The Morgan fingerprint density at radius 2 is 1.84 bits per heavy atom. The highest BCUT2D eigenvalue weighted by Crippen LogP contribution is 2.38. The maximum absolute atomic E-state index is 11.0. The smallest absolute Gasteiger partial charge is 0.335 e. The topological polar surface area (TPSA) is 79.5 Å². The van der Waals surface area contributed by atoms with Gasteiger partial charge in [-0.3, -0.25) is 0 Å². The van der Waals surface area contributed by atoms with Crippen molar-refractivity contribution in [2.24, 2.45) is 0 Å². The van der Waals surface area contributed by atoms with Crippen LogP contribution in [-0.2, 0) is 6.61 Å². The Hall–Kier alpha value is -3.75. The normalized spacial score (nSPS) is 11.0. The van der Waals surface area contributed by atoms with Gasteiger partial charge in [0.25, 0.3) is 0 Å². The average molecular weight is 434 g/mol. The van der Waals surface area contributed by atoms with Crippen molar-refractivity contribution in [2.75, 3.05) is 7.11 Å². The first-order valence-corrected chi connectivity index (χ1v) is 9.80. The van der Waals surface area contributed by atoms with Gasteiger partial charge in [0.2, 0.25) is 0 Å². The lowest BCUT2D eigenvalue weighted by Crippen LogP contribution is -1.99. The van der Waals surface area contributed by atoms with E-state index in [-0.39, 0.29) is 5.56 Å². The lowest BCUT2D eigenvalue weighted by Gasteiger charge is -2.14. The molecule has 156 valence electrons. The van der Waals surface area contributed by atoms with Gasteiger partial charge in [-0.25, -0.2) is 4.79 Å². The third-order valence-electron chi connectivity index (χ3n) is 4.59. The SMILES string of the molecule is COc1cc(/C=C(/C#N)c2ccc(C(=O)O)cc2)cc(Cl)c1OCc1cccc(C)c1. The van der Waals surface area contributed by atoms with Crippen LogP contribution in [0.5, 0.6) is 11.5 Å². The van der Waals surface area contributed by atoms with E-state index < -0.39 is 5.97 Å². The van der Waals surface area contributed by atoms with E-state index in [1.165, 1.54) is 19.2 Å². The summed E-state index contributed by atoms with van der Waals surface area (Å²) in [5.41, 5.74) is 3.93. The molecule has 0 fully saturated rings. The zero-order valence-corrected chi connectivity index (χ0v) is 17.8. The van der Waals surface area contributed by atoms with E-state index in [0.29, 0.717) is 39.8 Å². The number of carbonyl (C=O) groups is 1. The maximum atomic E-state index is 11.0. The fourth-order valence-electron chi connectivity index (χ4n) is 3.06. The van der Waals surface area contributed by atoms with E-state index in [2.05, 4.69) is 6.07 Å². The molecular formula is C25H20ClNO4. The molecule has 3 aromatic carbocycles. The highest BCUT2D eigenvalue weighted by Gasteiger charge is 2.13. The Bertz CT molecular complexity index is 1180. The van der Waals surface area contributed by atoms with Gasteiger partial charge in [-0.15, -0.1) is 0 Å². The number of carboxylic acid groups (broad SMARTS) is 1. The zero-order chi connectivity index (χ0) is 22.4. The zero-order valence-electron chi connectivity index (χ0n) is 17.1. The van der Waals surface area contributed by atoms with Crippen molar-refractivity contribution in [3.8, 4) is 17.6 Å². The predicted molar refractivity (Wildman–Crippen MR) is 120 cm³/mol. The number of rotatable bonds is 7. The fraction of sp³-hybridized carbons (Fsp3) is 0.120. The van der Waals surface area contributed by atoms with Gasteiger partial charge in [-0.2, -0.15) is 5.26 Å². The second kappa shape index (κ2) is 9.84. The van der Waals surface area contributed by atoms with Crippen LogP contribution in [-0.4, -0.2) is 18.2 Å². The highest BCUT2D eigenvalue weighted by molar-refractivity contribution is 6.32. The minimum absolute atomic E-state index is 0.154. The second-order valence-electron chi connectivity index (χ2n) is 6.86. The largest absolute Gasteiger partial charge is 0.493 e. The maximum Gasteiger partial charge on any atom is 0.335 e. The molecule has 0 aliphatic carbocycles. The number of nitrogens with zero attached hydrogens (tertiary/aromatic N) is 1. The number of hydrogen-bond donors (Lipinski definition) is 1. The molecule has 0 aliphatic rings. The Morgan fingerprint density at radius 1 is 1.13 bits per heavy atom. The third kappa shape index (κ3) is 5.44. The molecule has 0 aliphatic heterocycles. The molecule has 0 amide bonds. The molecule has 0 radical (unpaired) electrons. The van der Waals surface area contributed by atoms with Gasteiger partial charge in [-0.1, -0.05) is 53.6 Å². The summed E-state index contributed by atoms with van der Waals surface area (Å²) in [4.78, 5) is 11.0. The van der Waals surface area contributed by atoms with Crippen molar-refractivity contribution in [3.63, 3.8) is 0 Å². The monoisotopic (exact) mass is 433 g/mol. The van der Waals surface area contributed by atoms with E-state index in [0.717, 1.165) is 11.1 Å². The first kappa shape index (κ1) is 21.9. The van der Waals surface area contributed by atoms with E-state index in [1.54, 1.807) is 30.3 Å². The molecular weight excluding hydrogens is 414 g/mol. The lowest BCUT2D eigenvalue weighted by molar-refractivity contribution is 0.0697. The van der Waals surface area contributed by atoms with Crippen LogP contribution in [0.1, 0.15) is 32.6 Å². The van der Waals surface area contributed by atoms with Gasteiger partial charge >= 0.3 is 5.97 Å².